The summed E-state index contributed by atoms with van der Waals surface area (Å²) in [7, 11) is 1.68. The van der Waals surface area contributed by atoms with E-state index in [1.165, 1.54) is 51.8 Å². The summed E-state index contributed by atoms with van der Waals surface area (Å²) >= 11 is -2.28. The fourth-order valence-electron chi connectivity index (χ4n) is 3.48. The number of methoxy groups -OCH3 is 1. The van der Waals surface area contributed by atoms with Gasteiger partial charge in [-0.25, -0.2) is 0 Å². The SMILES string of the molecule is CCC[CH2][Sn]([CH2]CCC)([CH2]CCC)[c]1ccc(OC(C)OC)cc1. The summed E-state index contributed by atoms with van der Waals surface area (Å²) in [6, 6.07) is 9.10. The van der Waals surface area contributed by atoms with E-state index in [9.17, 15) is 0 Å². The molecule has 1 rings (SSSR count). The Kier molecular flexibility index (Phi) is 11.1. The summed E-state index contributed by atoms with van der Waals surface area (Å²) in [4.78, 5) is 0. The molecular formula is C21H38O2Sn. The van der Waals surface area contributed by atoms with Crippen LogP contribution in [0.25, 0.3) is 0 Å². The van der Waals surface area contributed by atoms with Crippen LogP contribution in [0, 0.1) is 0 Å². The van der Waals surface area contributed by atoms with E-state index in [1.54, 1.807) is 10.7 Å². The molecule has 0 heterocycles. The van der Waals surface area contributed by atoms with Crippen LogP contribution in [-0.2, 0) is 4.74 Å². The van der Waals surface area contributed by atoms with Crippen LogP contribution >= 0.6 is 0 Å². The number of hydrogen-bond donors (Lipinski definition) is 0. The third kappa shape index (κ3) is 6.95. The summed E-state index contributed by atoms with van der Waals surface area (Å²) in [5.41, 5.74) is 0. The Hall–Kier alpha value is -0.221. The quantitative estimate of drug-likeness (QED) is 0.272. The van der Waals surface area contributed by atoms with E-state index < -0.39 is 18.4 Å². The van der Waals surface area contributed by atoms with Crippen molar-refractivity contribution in [2.45, 2.75) is 85.8 Å². The second-order valence-corrected chi connectivity index (χ2v) is 20.3. The molecule has 0 fully saturated rings. The third-order valence-electron chi connectivity index (χ3n) is 5.13. The predicted molar refractivity (Wildman–Crippen MR) is 108 cm³/mol. The van der Waals surface area contributed by atoms with E-state index in [0.29, 0.717) is 0 Å². The van der Waals surface area contributed by atoms with Gasteiger partial charge in [0.15, 0.2) is 0 Å². The Morgan fingerprint density at radius 1 is 0.833 bits per heavy atom. The van der Waals surface area contributed by atoms with Crippen LogP contribution < -0.4 is 8.32 Å². The van der Waals surface area contributed by atoms with Crippen molar-refractivity contribution >= 4 is 22.0 Å². The Morgan fingerprint density at radius 2 is 1.29 bits per heavy atom. The van der Waals surface area contributed by atoms with Gasteiger partial charge in [0.1, 0.15) is 0 Å². The van der Waals surface area contributed by atoms with Crippen LogP contribution in [0.5, 0.6) is 5.75 Å². The first-order chi connectivity index (χ1) is 11.6. The number of benzene rings is 1. The van der Waals surface area contributed by atoms with E-state index in [-0.39, 0.29) is 6.29 Å². The maximum atomic E-state index is 5.78. The molecule has 3 heteroatoms. The molecule has 0 aromatic heterocycles. The van der Waals surface area contributed by atoms with Crippen molar-refractivity contribution in [2.24, 2.45) is 0 Å². The molecule has 0 spiro atoms. The number of rotatable bonds is 13. The van der Waals surface area contributed by atoms with Gasteiger partial charge in [-0.3, -0.25) is 0 Å². The molecule has 0 N–H and O–H groups in total. The molecule has 0 amide bonds. The molecule has 138 valence electrons. The number of ether oxygens (including phenoxy) is 2. The van der Waals surface area contributed by atoms with Crippen LogP contribution in [-0.4, -0.2) is 31.8 Å². The van der Waals surface area contributed by atoms with Crippen molar-refractivity contribution in [1.29, 1.82) is 0 Å². The molecular weight excluding hydrogens is 403 g/mol. The molecule has 1 aromatic rings. The van der Waals surface area contributed by atoms with Gasteiger partial charge in [0.05, 0.1) is 0 Å². The van der Waals surface area contributed by atoms with E-state index in [2.05, 4.69) is 45.0 Å². The zero-order valence-electron chi connectivity index (χ0n) is 16.6. The van der Waals surface area contributed by atoms with Crippen molar-refractivity contribution in [2.75, 3.05) is 7.11 Å². The van der Waals surface area contributed by atoms with Crippen LogP contribution in [0.4, 0.5) is 0 Å². The van der Waals surface area contributed by atoms with Crippen LogP contribution in [0.15, 0.2) is 24.3 Å². The van der Waals surface area contributed by atoms with Gasteiger partial charge >= 0.3 is 154 Å². The molecule has 0 aliphatic heterocycles. The number of hydrogen-bond acceptors (Lipinski definition) is 2. The van der Waals surface area contributed by atoms with Gasteiger partial charge in [-0.2, -0.15) is 0 Å². The maximum absolute atomic E-state index is 5.78. The molecule has 2 nitrogen and oxygen atoms in total. The zero-order chi connectivity index (χ0) is 17.8. The standard InChI is InChI=1S/C9H11O2.3C4H9.Sn/c1-8(10-2)11-9-6-4-3-5-7-9;3*1-3-4-2;/h4-8H,1-2H3;3*1,3-4H2,2H3;. The first kappa shape index (κ1) is 21.8. The molecule has 0 saturated heterocycles. The van der Waals surface area contributed by atoms with E-state index in [1.807, 2.05) is 6.92 Å². The predicted octanol–water partition coefficient (Wildman–Crippen LogP) is 6.11. The second kappa shape index (κ2) is 12.2. The van der Waals surface area contributed by atoms with Gasteiger partial charge in [0.2, 0.25) is 0 Å². The van der Waals surface area contributed by atoms with Gasteiger partial charge in [0, 0.05) is 0 Å². The Balaban J connectivity index is 3.01. The van der Waals surface area contributed by atoms with Crippen LogP contribution in [0.3, 0.4) is 0 Å². The topological polar surface area (TPSA) is 18.5 Å². The summed E-state index contributed by atoms with van der Waals surface area (Å²) in [5, 5.41) is 0. The van der Waals surface area contributed by atoms with Crippen molar-refractivity contribution in [3.8, 4) is 5.75 Å². The van der Waals surface area contributed by atoms with Gasteiger partial charge in [-0.15, -0.1) is 0 Å². The van der Waals surface area contributed by atoms with E-state index in [0.717, 1.165) is 5.75 Å². The summed E-state index contributed by atoms with van der Waals surface area (Å²) in [6.07, 6.45) is 7.99. The van der Waals surface area contributed by atoms with Crippen molar-refractivity contribution in [3.63, 3.8) is 0 Å². The second-order valence-electron chi connectivity index (χ2n) is 7.04. The molecule has 0 aliphatic rings. The molecule has 0 bridgehead atoms. The van der Waals surface area contributed by atoms with Crippen LogP contribution in [0.2, 0.25) is 13.3 Å². The van der Waals surface area contributed by atoms with Gasteiger partial charge in [-0.05, 0) is 0 Å². The minimum atomic E-state index is -2.28. The Morgan fingerprint density at radius 3 is 1.67 bits per heavy atom. The van der Waals surface area contributed by atoms with Gasteiger partial charge in [-0.1, -0.05) is 0 Å². The molecule has 0 aliphatic carbocycles. The van der Waals surface area contributed by atoms with Gasteiger partial charge in [0.25, 0.3) is 0 Å². The third-order valence-corrected chi connectivity index (χ3v) is 20.8. The minimum absolute atomic E-state index is 0.190. The molecule has 0 radical (unpaired) electrons. The summed E-state index contributed by atoms with van der Waals surface area (Å²) in [6.45, 7) is 8.93. The fourth-order valence-corrected chi connectivity index (χ4v) is 19.4. The van der Waals surface area contributed by atoms with E-state index >= 15 is 0 Å². The monoisotopic (exact) mass is 442 g/mol. The molecule has 1 atom stereocenters. The van der Waals surface area contributed by atoms with Crippen molar-refractivity contribution in [3.05, 3.63) is 24.3 Å². The Bertz CT molecular complexity index is 408. The molecule has 0 saturated carbocycles. The normalized spacial score (nSPS) is 13.0. The first-order valence-corrected chi connectivity index (χ1v) is 17.4. The zero-order valence-corrected chi connectivity index (χ0v) is 19.4. The van der Waals surface area contributed by atoms with E-state index in [4.69, 9.17) is 9.47 Å². The first-order valence-electron chi connectivity index (χ1n) is 9.91. The number of unbranched alkanes of at least 4 members (excludes halogenated alkanes) is 3. The molecule has 1 unspecified atom stereocenters. The summed E-state index contributed by atoms with van der Waals surface area (Å²) in [5.74, 6) is 0.926. The van der Waals surface area contributed by atoms with Crippen LogP contribution in [0.1, 0.15) is 66.2 Å². The average molecular weight is 441 g/mol. The Labute approximate surface area is 154 Å². The molecule has 24 heavy (non-hydrogen) atoms. The summed E-state index contributed by atoms with van der Waals surface area (Å²) < 4.78 is 17.2. The average Bonchev–Trinajstić information content (AvgIpc) is 2.62. The van der Waals surface area contributed by atoms with Crippen molar-refractivity contribution < 1.29 is 9.47 Å². The molecule has 1 aromatic carbocycles. The van der Waals surface area contributed by atoms with Crippen molar-refractivity contribution in [1.82, 2.24) is 0 Å². The fraction of sp³-hybridized carbons (Fsp3) is 0.714. The van der Waals surface area contributed by atoms with Gasteiger partial charge < -0.3 is 0 Å².